The van der Waals surface area contributed by atoms with Crippen LogP contribution in [0.25, 0.3) is 0 Å². The van der Waals surface area contributed by atoms with Crippen molar-refractivity contribution in [1.29, 1.82) is 0 Å². The fourth-order valence-corrected chi connectivity index (χ4v) is 1.79. The first kappa shape index (κ1) is 12.1. The van der Waals surface area contributed by atoms with Gasteiger partial charge in [0, 0.05) is 32.7 Å². The van der Waals surface area contributed by atoms with Crippen LogP contribution in [0.2, 0.25) is 0 Å². The standard InChI is InChI=1S/C11H17N3O3/c1-8-5-10(13-17-8)11(15)14(2)7-9-6-12-3-4-16-9/h5,9,12H,3-4,6-7H2,1-2H3. The molecule has 94 valence electrons. The van der Waals surface area contributed by atoms with Gasteiger partial charge in [-0.1, -0.05) is 5.16 Å². The number of carbonyl (C=O) groups excluding carboxylic acids is 1. The maximum atomic E-state index is 12.0. The molecule has 6 heteroatoms. The summed E-state index contributed by atoms with van der Waals surface area (Å²) < 4.78 is 10.4. The quantitative estimate of drug-likeness (QED) is 0.807. The van der Waals surface area contributed by atoms with Gasteiger partial charge in [-0.3, -0.25) is 4.79 Å². The van der Waals surface area contributed by atoms with Crippen molar-refractivity contribution in [3.05, 3.63) is 17.5 Å². The Bertz CT molecular complexity index is 385. The lowest BCUT2D eigenvalue weighted by molar-refractivity contribution is 0.0102. The van der Waals surface area contributed by atoms with E-state index in [0.29, 0.717) is 24.6 Å². The number of amides is 1. The van der Waals surface area contributed by atoms with E-state index in [1.807, 2.05) is 0 Å². The second-order valence-electron chi connectivity index (χ2n) is 4.21. The Morgan fingerprint density at radius 2 is 2.53 bits per heavy atom. The van der Waals surface area contributed by atoms with Gasteiger partial charge in [-0.25, -0.2) is 0 Å². The normalized spacial score (nSPS) is 20.2. The Balaban J connectivity index is 1.90. The van der Waals surface area contributed by atoms with Crippen LogP contribution in [0.3, 0.4) is 0 Å². The fourth-order valence-electron chi connectivity index (χ4n) is 1.79. The summed E-state index contributed by atoms with van der Waals surface area (Å²) in [5, 5.41) is 6.93. The number of carbonyl (C=O) groups is 1. The van der Waals surface area contributed by atoms with Crippen molar-refractivity contribution in [2.45, 2.75) is 13.0 Å². The first-order valence-corrected chi connectivity index (χ1v) is 5.68. The number of ether oxygens (including phenoxy) is 1. The summed E-state index contributed by atoms with van der Waals surface area (Å²) in [6, 6.07) is 1.64. The lowest BCUT2D eigenvalue weighted by Crippen LogP contribution is -2.45. The van der Waals surface area contributed by atoms with Crippen LogP contribution >= 0.6 is 0 Å². The van der Waals surface area contributed by atoms with Gasteiger partial charge < -0.3 is 19.5 Å². The number of morpholine rings is 1. The summed E-state index contributed by atoms with van der Waals surface area (Å²) in [6.07, 6.45) is 0.0469. The third-order valence-electron chi connectivity index (χ3n) is 2.68. The van der Waals surface area contributed by atoms with Gasteiger partial charge in [0.25, 0.3) is 5.91 Å². The molecule has 2 heterocycles. The van der Waals surface area contributed by atoms with Crippen molar-refractivity contribution in [3.8, 4) is 0 Å². The fraction of sp³-hybridized carbons (Fsp3) is 0.636. The second kappa shape index (κ2) is 5.29. The number of rotatable bonds is 3. The van der Waals surface area contributed by atoms with Crippen LogP contribution in [-0.4, -0.2) is 55.4 Å². The van der Waals surface area contributed by atoms with Crippen LogP contribution in [-0.2, 0) is 4.74 Å². The molecule has 0 spiro atoms. The van der Waals surface area contributed by atoms with E-state index in [2.05, 4.69) is 10.5 Å². The van der Waals surface area contributed by atoms with Crippen LogP contribution < -0.4 is 5.32 Å². The van der Waals surface area contributed by atoms with Crippen molar-refractivity contribution >= 4 is 5.91 Å². The van der Waals surface area contributed by atoms with E-state index in [0.717, 1.165) is 13.1 Å². The minimum atomic E-state index is -0.143. The van der Waals surface area contributed by atoms with Gasteiger partial charge in [0.15, 0.2) is 5.69 Å². The molecule has 1 amide bonds. The molecule has 2 rings (SSSR count). The number of aromatic nitrogens is 1. The van der Waals surface area contributed by atoms with Gasteiger partial charge >= 0.3 is 0 Å². The van der Waals surface area contributed by atoms with E-state index in [1.54, 1.807) is 24.9 Å². The van der Waals surface area contributed by atoms with Crippen LogP contribution in [0.4, 0.5) is 0 Å². The van der Waals surface area contributed by atoms with Gasteiger partial charge in [0.1, 0.15) is 5.76 Å². The van der Waals surface area contributed by atoms with E-state index >= 15 is 0 Å². The van der Waals surface area contributed by atoms with Gasteiger partial charge in [-0.15, -0.1) is 0 Å². The summed E-state index contributed by atoms with van der Waals surface area (Å²) in [5.41, 5.74) is 0.341. The lowest BCUT2D eigenvalue weighted by atomic mass is 10.2. The minimum Gasteiger partial charge on any atom is -0.374 e. The topological polar surface area (TPSA) is 67.6 Å². The molecule has 1 saturated heterocycles. The van der Waals surface area contributed by atoms with Crippen molar-refractivity contribution in [2.24, 2.45) is 0 Å². The third kappa shape index (κ3) is 3.04. The van der Waals surface area contributed by atoms with Gasteiger partial charge in [-0.2, -0.15) is 0 Å². The maximum Gasteiger partial charge on any atom is 0.275 e. The number of aryl methyl sites for hydroxylation is 1. The molecule has 1 fully saturated rings. The molecule has 0 bridgehead atoms. The smallest absolute Gasteiger partial charge is 0.275 e. The lowest BCUT2D eigenvalue weighted by Gasteiger charge is -2.27. The Morgan fingerprint density at radius 1 is 1.71 bits per heavy atom. The second-order valence-corrected chi connectivity index (χ2v) is 4.21. The van der Waals surface area contributed by atoms with Crippen molar-refractivity contribution in [1.82, 2.24) is 15.4 Å². The molecule has 0 radical (unpaired) electrons. The minimum absolute atomic E-state index is 0.0469. The van der Waals surface area contributed by atoms with Crippen LogP contribution in [0, 0.1) is 6.92 Å². The number of likely N-dealkylation sites (N-methyl/N-ethyl adjacent to an activating group) is 1. The monoisotopic (exact) mass is 239 g/mol. The number of hydrogen-bond donors (Lipinski definition) is 1. The van der Waals surface area contributed by atoms with E-state index in [4.69, 9.17) is 9.26 Å². The molecule has 0 aliphatic carbocycles. The molecular weight excluding hydrogens is 222 g/mol. The largest absolute Gasteiger partial charge is 0.374 e. The van der Waals surface area contributed by atoms with Crippen LogP contribution in [0.1, 0.15) is 16.2 Å². The molecule has 1 N–H and O–H groups in total. The average Bonchev–Trinajstić information content (AvgIpc) is 2.76. The summed E-state index contributed by atoms with van der Waals surface area (Å²) in [5.74, 6) is 0.494. The molecule has 0 saturated carbocycles. The molecule has 0 aromatic carbocycles. The maximum absolute atomic E-state index is 12.0. The summed E-state index contributed by atoms with van der Waals surface area (Å²) >= 11 is 0. The highest BCUT2D eigenvalue weighted by Crippen LogP contribution is 2.06. The third-order valence-corrected chi connectivity index (χ3v) is 2.68. The van der Waals surface area contributed by atoms with E-state index < -0.39 is 0 Å². The summed E-state index contributed by atoms with van der Waals surface area (Å²) in [4.78, 5) is 13.6. The molecular formula is C11H17N3O3. The van der Waals surface area contributed by atoms with Crippen LogP contribution in [0.5, 0.6) is 0 Å². The molecule has 1 aromatic rings. The first-order chi connectivity index (χ1) is 8.16. The summed E-state index contributed by atoms with van der Waals surface area (Å²) in [7, 11) is 1.74. The Morgan fingerprint density at radius 3 is 3.12 bits per heavy atom. The molecule has 1 atom stereocenters. The predicted octanol–water partition coefficient (Wildman–Crippen LogP) is 0.0434. The highest BCUT2D eigenvalue weighted by Gasteiger charge is 2.21. The van der Waals surface area contributed by atoms with E-state index in [-0.39, 0.29) is 12.0 Å². The predicted molar refractivity (Wildman–Crippen MR) is 60.8 cm³/mol. The zero-order valence-electron chi connectivity index (χ0n) is 10.1. The number of nitrogens with one attached hydrogen (secondary N) is 1. The molecule has 1 aliphatic rings. The molecule has 1 aliphatic heterocycles. The molecule has 6 nitrogen and oxygen atoms in total. The summed E-state index contributed by atoms with van der Waals surface area (Å²) in [6.45, 7) is 4.65. The first-order valence-electron chi connectivity index (χ1n) is 5.68. The highest BCUT2D eigenvalue weighted by atomic mass is 16.5. The van der Waals surface area contributed by atoms with Crippen molar-refractivity contribution < 1.29 is 14.1 Å². The van der Waals surface area contributed by atoms with E-state index in [1.165, 1.54) is 0 Å². The van der Waals surface area contributed by atoms with E-state index in [9.17, 15) is 4.79 Å². The van der Waals surface area contributed by atoms with Crippen molar-refractivity contribution in [3.63, 3.8) is 0 Å². The van der Waals surface area contributed by atoms with Crippen LogP contribution in [0.15, 0.2) is 10.6 Å². The Hall–Kier alpha value is -1.40. The molecule has 1 aromatic heterocycles. The number of nitrogens with zero attached hydrogens (tertiary/aromatic N) is 2. The Kier molecular flexibility index (Phi) is 3.75. The zero-order chi connectivity index (χ0) is 12.3. The van der Waals surface area contributed by atoms with Gasteiger partial charge in [-0.05, 0) is 6.92 Å². The zero-order valence-corrected chi connectivity index (χ0v) is 10.1. The van der Waals surface area contributed by atoms with Gasteiger partial charge in [0.05, 0.1) is 12.7 Å². The molecule has 17 heavy (non-hydrogen) atoms. The Labute approximate surface area is 99.9 Å². The van der Waals surface area contributed by atoms with Gasteiger partial charge in [0.2, 0.25) is 0 Å². The van der Waals surface area contributed by atoms with Crippen molar-refractivity contribution in [2.75, 3.05) is 33.3 Å². The average molecular weight is 239 g/mol. The number of hydrogen-bond acceptors (Lipinski definition) is 5. The SMILES string of the molecule is Cc1cc(C(=O)N(C)CC2CNCCO2)no1. The highest BCUT2D eigenvalue weighted by molar-refractivity contribution is 5.92. The molecule has 1 unspecified atom stereocenters.